The second-order valence-electron chi connectivity index (χ2n) is 4.22. The Bertz CT molecular complexity index is 318. The van der Waals surface area contributed by atoms with Crippen molar-refractivity contribution in [3.63, 3.8) is 0 Å². The van der Waals surface area contributed by atoms with E-state index in [2.05, 4.69) is 10.2 Å². The standard InChI is InChI=1S/C13H21FN2O/c1-16(2)7-9-17-8-6-15-11-12-4-3-5-13(14)10-12/h3-5,10,15H,6-9,11H2,1-2H3. The maximum atomic E-state index is 12.9. The molecule has 0 aliphatic rings. The molecular formula is C13H21FN2O. The first-order valence-electron chi connectivity index (χ1n) is 5.86. The molecule has 1 N–H and O–H groups in total. The molecule has 96 valence electrons. The lowest BCUT2D eigenvalue weighted by atomic mass is 10.2. The van der Waals surface area contributed by atoms with Crippen LogP contribution in [-0.2, 0) is 11.3 Å². The van der Waals surface area contributed by atoms with Crippen LogP contribution in [0.15, 0.2) is 24.3 Å². The van der Waals surface area contributed by atoms with Crippen LogP contribution >= 0.6 is 0 Å². The number of halogens is 1. The summed E-state index contributed by atoms with van der Waals surface area (Å²) in [6, 6.07) is 6.62. The zero-order valence-corrected chi connectivity index (χ0v) is 10.6. The van der Waals surface area contributed by atoms with Gasteiger partial charge < -0.3 is 15.0 Å². The van der Waals surface area contributed by atoms with Gasteiger partial charge in [-0.3, -0.25) is 0 Å². The van der Waals surface area contributed by atoms with Gasteiger partial charge in [0.1, 0.15) is 5.82 Å². The molecule has 0 saturated heterocycles. The monoisotopic (exact) mass is 240 g/mol. The predicted molar refractivity (Wildman–Crippen MR) is 67.5 cm³/mol. The Hall–Kier alpha value is -0.970. The van der Waals surface area contributed by atoms with E-state index in [4.69, 9.17) is 4.74 Å². The fourth-order valence-corrected chi connectivity index (χ4v) is 1.37. The van der Waals surface area contributed by atoms with E-state index >= 15 is 0 Å². The fourth-order valence-electron chi connectivity index (χ4n) is 1.37. The molecule has 0 aromatic heterocycles. The predicted octanol–water partition coefficient (Wildman–Crippen LogP) is 1.49. The van der Waals surface area contributed by atoms with Gasteiger partial charge in [-0.1, -0.05) is 12.1 Å². The molecule has 0 spiro atoms. The summed E-state index contributed by atoms with van der Waals surface area (Å²) in [5.41, 5.74) is 0.957. The molecule has 0 aliphatic heterocycles. The third-order valence-electron chi connectivity index (χ3n) is 2.32. The summed E-state index contributed by atoms with van der Waals surface area (Å²) in [7, 11) is 4.04. The van der Waals surface area contributed by atoms with Crippen LogP contribution < -0.4 is 5.32 Å². The molecule has 1 aromatic rings. The van der Waals surface area contributed by atoms with Gasteiger partial charge in [-0.2, -0.15) is 0 Å². The Morgan fingerprint density at radius 1 is 1.29 bits per heavy atom. The maximum absolute atomic E-state index is 12.9. The SMILES string of the molecule is CN(C)CCOCCNCc1cccc(F)c1. The zero-order chi connectivity index (χ0) is 12.5. The molecule has 17 heavy (non-hydrogen) atoms. The Kier molecular flexibility index (Phi) is 6.77. The van der Waals surface area contributed by atoms with Crippen LogP contribution in [0.25, 0.3) is 0 Å². The van der Waals surface area contributed by atoms with Crippen molar-refractivity contribution < 1.29 is 9.13 Å². The third kappa shape index (κ3) is 7.05. The highest BCUT2D eigenvalue weighted by Crippen LogP contribution is 2.02. The lowest BCUT2D eigenvalue weighted by Crippen LogP contribution is -2.23. The second-order valence-corrected chi connectivity index (χ2v) is 4.22. The topological polar surface area (TPSA) is 24.5 Å². The van der Waals surface area contributed by atoms with Crippen LogP contribution in [0.3, 0.4) is 0 Å². The van der Waals surface area contributed by atoms with E-state index in [1.54, 1.807) is 12.1 Å². The highest BCUT2D eigenvalue weighted by Gasteiger charge is 1.95. The van der Waals surface area contributed by atoms with Gasteiger partial charge in [0.25, 0.3) is 0 Å². The van der Waals surface area contributed by atoms with Crippen molar-refractivity contribution in [3.05, 3.63) is 35.6 Å². The van der Waals surface area contributed by atoms with Crippen LogP contribution in [0.2, 0.25) is 0 Å². The number of hydrogen-bond acceptors (Lipinski definition) is 3. The molecule has 1 rings (SSSR count). The van der Waals surface area contributed by atoms with Crippen molar-refractivity contribution in [1.29, 1.82) is 0 Å². The van der Waals surface area contributed by atoms with Gasteiger partial charge in [0.2, 0.25) is 0 Å². The molecule has 1 aromatic carbocycles. The number of likely N-dealkylation sites (N-methyl/N-ethyl adjacent to an activating group) is 1. The van der Waals surface area contributed by atoms with Crippen LogP contribution in [-0.4, -0.2) is 45.3 Å². The van der Waals surface area contributed by atoms with Crippen molar-refractivity contribution in [3.8, 4) is 0 Å². The van der Waals surface area contributed by atoms with Gasteiger partial charge in [-0.05, 0) is 31.8 Å². The largest absolute Gasteiger partial charge is 0.379 e. The summed E-state index contributed by atoms with van der Waals surface area (Å²) in [6.07, 6.45) is 0. The quantitative estimate of drug-likeness (QED) is 0.697. The summed E-state index contributed by atoms with van der Waals surface area (Å²) < 4.78 is 18.3. The third-order valence-corrected chi connectivity index (χ3v) is 2.32. The maximum Gasteiger partial charge on any atom is 0.123 e. The highest BCUT2D eigenvalue weighted by molar-refractivity contribution is 5.15. The summed E-state index contributed by atoms with van der Waals surface area (Å²) in [4.78, 5) is 2.08. The van der Waals surface area contributed by atoms with E-state index in [9.17, 15) is 4.39 Å². The van der Waals surface area contributed by atoms with E-state index in [1.165, 1.54) is 6.07 Å². The number of nitrogens with zero attached hydrogens (tertiary/aromatic N) is 1. The van der Waals surface area contributed by atoms with Crippen LogP contribution in [0.1, 0.15) is 5.56 Å². The fraction of sp³-hybridized carbons (Fsp3) is 0.538. The molecule has 4 heteroatoms. The van der Waals surface area contributed by atoms with E-state index in [0.29, 0.717) is 13.2 Å². The lowest BCUT2D eigenvalue weighted by Gasteiger charge is -2.10. The van der Waals surface area contributed by atoms with Gasteiger partial charge in [0.05, 0.1) is 13.2 Å². The molecule has 0 atom stereocenters. The first-order valence-corrected chi connectivity index (χ1v) is 5.86. The minimum atomic E-state index is -0.188. The van der Waals surface area contributed by atoms with Crippen molar-refractivity contribution in [2.24, 2.45) is 0 Å². The zero-order valence-electron chi connectivity index (χ0n) is 10.6. The first kappa shape index (κ1) is 14.1. The molecule has 0 heterocycles. The first-order chi connectivity index (χ1) is 8.18. The van der Waals surface area contributed by atoms with E-state index in [1.807, 2.05) is 20.2 Å². The summed E-state index contributed by atoms with van der Waals surface area (Å²) >= 11 is 0. The van der Waals surface area contributed by atoms with Crippen LogP contribution in [0.5, 0.6) is 0 Å². The molecule has 0 amide bonds. The number of rotatable bonds is 8. The van der Waals surface area contributed by atoms with Crippen molar-refractivity contribution in [1.82, 2.24) is 10.2 Å². The van der Waals surface area contributed by atoms with E-state index < -0.39 is 0 Å². The van der Waals surface area contributed by atoms with E-state index in [-0.39, 0.29) is 5.82 Å². The number of nitrogens with one attached hydrogen (secondary N) is 1. The molecule has 0 bridgehead atoms. The number of ether oxygens (including phenoxy) is 1. The Morgan fingerprint density at radius 2 is 2.12 bits per heavy atom. The average Bonchev–Trinajstić information content (AvgIpc) is 2.27. The van der Waals surface area contributed by atoms with Gasteiger partial charge in [-0.15, -0.1) is 0 Å². The van der Waals surface area contributed by atoms with Gasteiger partial charge in [-0.25, -0.2) is 4.39 Å². The van der Waals surface area contributed by atoms with Crippen LogP contribution in [0.4, 0.5) is 4.39 Å². The minimum absolute atomic E-state index is 0.188. The van der Waals surface area contributed by atoms with Gasteiger partial charge in [0.15, 0.2) is 0 Å². The second kappa shape index (κ2) is 8.17. The average molecular weight is 240 g/mol. The smallest absolute Gasteiger partial charge is 0.123 e. The normalized spacial score (nSPS) is 11.1. The lowest BCUT2D eigenvalue weighted by molar-refractivity contribution is 0.119. The van der Waals surface area contributed by atoms with Crippen molar-refractivity contribution >= 4 is 0 Å². The molecule has 0 unspecified atom stereocenters. The molecule has 3 nitrogen and oxygen atoms in total. The summed E-state index contributed by atoms with van der Waals surface area (Å²) in [5.74, 6) is -0.188. The minimum Gasteiger partial charge on any atom is -0.379 e. The van der Waals surface area contributed by atoms with Gasteiger partial charge in [0, 0.05) is 19.6 Å². The molecule has 0 radical (unpaired) electrons. The summed E-state index contributed by atoms with van der Waals surface area (Å²) in [6.45, 7) is 3.82. The highest BCUT2D eigenvalue weighted by atomic mass is 19.1. The van der Waals surface area contributed by atoms with Crippen LogP contribution in [0, 0.1) is 5.82 Å². The van der Waals surface area contributed by atoms with E-state index in [0.717, 1.165) is 25.3 Å². The van der Waals surface area contributed by atoms with Crippen molar-refractivity contribution in [2.45, 2.75) is 6.54 Å². The number of hydrogen-bond donors (Lipinski definition) is 1. The molecular weight excluding hydrogens is 219 g/mol. The molecule has 0 aliphatic carbocycles. The molecule has 0 saturated carbocycles. The Morgan fingerprint density at radius 3 is 2.82 bits per heavy atom. The van der Waals surface area contributed by atoms with Gasteiger partial charge >= 0.3 is 0 Å². The van der Waals surface area contributed by atoms with Crippen molar-refractivity contribution in [2.75, 3.05) is 40.4 Å². The Balaban J connectivity index is 2.01. The Labute approximate surface area is 103 Å². The molecule has 0 fully saturated rings. The summed E-state index contributed by atoms with van der Waals surface area (Å²) in [5, 5.41) is 3.21. The number of benzene rings is 1.